The lowest BCUT2D eigenvalue weighted by Crippen LogP contribution is -2.49. The summed E-state index contributed by atoms with van der Waals surface area (Å²) in [4.78, 5) is 24.9. The van der Waals surface area contributed by atoms with Gasteiger partial charge in [-0.3, -0.25) is 9.59 Å². The van der Waals surface area contributed by atoms with Gasteiger partial charge < -0.3 is 14.2 Å². The molecule has 0 unspecified atom stereocenters. The molecule has 0 radical (unpaired) electrons. The van der Waals surface area contributed by atoms with E-state index in [1.165, 1.54) is 7.11 Å². The van der Waals surface area contributed by atoms with Crippen LogP contribution in [0.2, 0.25) is 0 Å². The first kappa shape index (κ1) is 17.7. The Morgan fingerprint density at radius 3 is 1.90 bits per heavy atom. The SMILES string of the molecule is CCOC(=O)C(COC)(C(=O)OCC)c1ccc(Br)cc1. The lowest BCUT2D eigenvalue weighted by molar-refractivity contribution is -0.167. The first-order chi connectivity index (χ1) is 10.0. The third-order valence-electron chi connectivity index (χ3n) is 2.95. The van der Waals surface area contributed by atoms with Crippen molar-refractivity contribution in [3.8, 4) is 0 Å². The summed E-state index contributed by atoms with van der Waals surface area (Å²) >= 11 is 3.32. The van der Waals surface area contributed by atoms with Gasteiger partial charge in [-0.15, -0.1) is 0 Å². The van der Waals surface area contributed by atoms with Crippen molar-refractivity contribution in [2.45, 2.75) is 19.3 Å². The molecule has 0 fully saturated rings. The average molecular weight is 359 g/mol. The molecule has 0 atom stereocenters. The minimum atomic E-state index is -1.61. The molecule has 0 amide bonds. The topological polar surface area (TPSA) is 61.8 Å². The zero-order valence-electron chi connectivity index (χ0n) is 12.3. The molecule has 6 heteroatoms. The predicted octanol–water partition coefficient (Wildman–Crippen LogP) is 2.46. The molecule has 0 aliphatic heterocycles. The number of ether oxygens (including phenoxy) is 3. The third kappa shape index (κ3) is 3.83. The van der Waals surface area contributed by atoms with Gasteiger partial charge in [0.2, 0.25) is 5.41 Å². The molecule has 1 rings (SSSR count). The molecule has 0 heterocycles. The van der Waals surface area contributed by atoms with Crippen molar-refractivity contribution in [2.24, 2.45) is 0 Å². The Kier molecular flexibility index (Phi) is 6.84. The van der Waals surface area contributed by atoms with Gasteiger partial charge in [-0.1, -0.05) is 28.1 Å². The largest absolute Gasteiger partial charge is 0.465 e. The van der Waals surface area contributed by atoms with Crippen LogP contribution in [0.3, 0.4) is 0 Å². The number of hydrogen-bond donors (Lipinski definition) is 0. The fourth-order valence-electron chi connectivity index (χ4n) is 1.98. The van der Waals surface area contributed by atoms with Gasteiger partial charge in [-0.25, -0.2) is 0 Å². The number of carbonyl (C=O) groups is 2. The van der Waals surface area contributed by atoms with Gasteiger partial charge in [0.15, 0.2) is 0 Å². The number of benzene rings is 1. The van der Waals surface area contributed by atoms with Crippen LogP contribution in [0.25, 0.3) is 0 Å². The second-order valence-electron chi connectivity index (χ2n) is 4.29. The lowest BCUT2D eigenvalue weighted by atomic mass is 9.81. The van der Waals surface area contributed by atoms with Crippen molar-refractivity contribution in [3.63, 3.8) is 0 Å². The Bertz CT molecular complexity index is 465. The molecular formula is C15H19BrO5. The zero-order chi connectivity index (χ0) is 15.9. The molecule has 0 aliphatic rings. The van der Waals surface area contributed by atoms with Gasteiger partial charge in [-0.2, -0.15) is 0 Å². The van der Waals surface area contributed by atoms with Crippen LogP contribution in [0, 0.1) is 0 Å². The van der Waals surface area contributed by atoms with E-state index in [1.54, 1.807) is 38.1 Å². The highest BCUT2D eigenvalue weighted by atomic mass is 79.9. The van der Waals surface area contributed by atoms with E-state index >= 15 is 0 Å². The van der Waals surface area contributed by atoms with Crippen LogP contribution in [0.15, 0.2) is 28.7 Å². The summed E-state index contributed by atoms with van der Waals surface area (Å²) in [6.07, 6.45) is 0. The fourth-order valence-corrected chi connectivity index (χ4v) is 2.24. The van der Waals surface area contributed by atoms with Crippen LogP contribution in [0.5, 0.6) is 0 Å². The van der Waals surface area contributed by atoms with E-state index in [2.05, 4.69) is 15.9 Å². The second kappa shape index (κ2) is 8.14. The summed E-state index contributed by atoms with van der Waals surface area (Å²) < 4.78 is 16.1. The van der Waals surface area contributed by atoms with Crippen LogP contribution in [0.4, 0.5) is 0 Å². The Balaban J connectivity index is 3.38. The summed E-state index contributed by atoms with van der Waals surface area (Å²) in [6.45, 7) is 3.55. The Morgan fingerprint density at radius 2 is 1.52 bits per heavy atom. The molecule has 21 heavy (non-hydrogen) atoms. The molecule has 1 aromatic rings. The minimum absolute atomic E-state index is 0.147. The highest BCUT2D eigenvalue weighted by Gasteiger charge is 2.51. The molecule has 0 saturated heterocycles. The predicted molar refractivity (Wildman–Crippen MR) is 81.0 cm³/mol. The zero-order valence-corrected chi connectivity index (χ0v) is 13.9. The number of methoxy groups -OCH3 is 1. The summed E-state index contributed by atoms with van der Waals surface area (Å²) in [5.74, 6) is -1.35. The summed E-state index contributed by atoms with van der Waals surface area (Å²) in [5, 5.41) is 0. The van der Waals surface area contributed by atoms with Gasteiger partial charge in [0.05, 0.1) is 19.8 Å². The third-order valence-corrected chi connectivity index (χ3v) is 3.47. The van der Waals surface area contributed by atoms with E-state index in [0.717, 1.165) is 4.47 Å². The Labute approximate surface area is 132 Å². The molecule has 0 N–H and O–H groups in total. The van der Waals surface area contributed by atoms with Crippen LogP contribution < -0.4 is 0 Å². The maximum atomic E-state index is 12.4. The second-order valence-corrected chi connectivity index (χ2v) is 5.20. The average Bonchev–Trinajstić information content (AvgIpc) is 2.46. The van der Waals surface area contributed by atoms with E-state index in [1.807, 2.05) is 0 Å². The van der Waals surface area contributed by atoms with E-state index in [-0.39, 0.29) is 19.8 Å². The normalized spacial score (nSPS) is 11.0. The van der Waals surface area contributed by atoms with E-state index in [9.17, 15) is 9.59 Å². The van der Waals surface area contributed by atoms with Crippen molar-refractivity contribution < 1.29 is 23.8 Å². The van der Waals surface area contributed by atoms with Crippen molar-refractivity contribution in [2.75, 3.05) is 26.9 Å². The molecule has 1 aromatic carbocycles. The summed E-state index contributed by atoms with van der Waals surface area (Å²) in [6, 6.07) is 6.85. The van der Waals surface area contributed by atoms with Gasteiger partial charge in [0.1, 0.15) is 0 Å². The molecule has 0 spiro atoms. The smallest absolute Gasteiger partial charge is 0.330 e. The van der Waals surface area contributed by atoms with Crippen LogP contribution >= 0.6 is 15.9 Å². The molecule has 0 aromatic heterocycles. The van der Waals surface area contributed by atoms with Crippen molar-refractivity contribution in [1.29, 1.82) is 0 Å². The van der Waals surface area contributed by atoms with Crippen molar-refractivity contribution in [3.05, 3.63) is 34.3 Å². The molecule has 0 aliphatic carbocycles. The molecule has 5 nitrogen and oxygen atoms in total. The number of hydrogen-bond acceptors (Lipinski definition) is 5. The molecule has 0 saturated carbocycles. The highest BCUT2D eigenvalue weighted by molar-refractivity contribution is 9.10. The van der Waals surface area contributed by atoms with Crippen LogP contribution in [0.1, 0.15) is 19.4 Å². The van der Waals surface area contributed by atoms with Crippen LogP contribution in [-0.2, 0) is 29.2 Å². The van der Waals surface area contributed by atoms with E-state index in [4.69, 9.17) is 14.2 Å². The number of rotatable bonds is 7. The van der Waals surface area contributed by atoms with Gasteiger partial charge in [0.25, 0.3) is 0 Å². The molecule has 0 bridgehead atoms. The first-order valence-corrected chi connectivity index (χ1v) is 7.41. The summed E-state index contributed by atoms with van der Waals surface area (Å²) in [7, 11) is 1.42. The van der Waals surface area contributed by atoms with Crippen molar-refractivity contribution >= 4 is 27.9 Å². The maximum Gasteiger partial charge on any atom is 0.330 e. The van der Waals surface area contributed by atoms with Crippen molar-refractivity contribution in [1.82, 2.24) is 0 Å². The summed E-state index contributed by atoms with van der Waals surface area (Å²) in [5.41, 5.74) is -1.13. The van der Waals surface area contributed by atoms with Gasteiger partial charge in [-0.05, 0) is 31.5 Å². The minimum Gasteiger partial charge on any atom is -0.465 e. The van der Waals surface area contributed by atoms with Gasteiger partial charge >= 0.3 is 11.9 Å². The van der Waals surface area contributed by atoms with E-state index in [0.29, 0.717) is 5.56 Å². The number of esters is 2. The number of carbonyl (C=O) groups excluding carboxylic acids is 2. The lowest BCUT2D eigenvalue weighted by Gasteiger charge is -2.28. The quantitative estimate of drug-likeness (QED) is 0.553. The van der Waals surface area contributed by atoms with E-state index < -0.39 is 17.4 Å². The number of halogens is 1. The maximum absolute atomic E-state index is 12.4. The van der Waals surface area contributed by atoms with Crippen LogP contribution in [-0.4, -0.2) is 38.9 Å². The Hall–Kier alpha value is -1.40. The monoisotopic (exact) mass is 358 g/mol. The fraction of sp³-hybridized carbons (Fsp3) is 0.467. The van der Waals surface area contributed by atoms with Gasteiger partial charge in [0, 0.05) is 11.6 Å². The highest BCUT2D eigenvalue weighted by Crippen LogP contribution is 2.29. The molecule has 116 valence electrons. The first-order valence-electron chi connectivity index (χ1n) is 6.62. The Morgan fingerprint density at radius 1 is 1.05 bits per heavy atom. The standard InChI is InChI=1S/C15H19BrO5/c1-4-20-13(17)15(10-19-3,14(18)21-5-2)11-6-8-12(16)9-7-11/h6-9H,4-5,10H2,1-3H3. The molecular weight excluding hydrogens is 340 g/mol.